The van der Waals surface area contributed by atoms with Crippen molar-refractivity contribution in [3.8, 4) is 0 Å². The number of carboxylic acids is 1. The summed E-state index contributed by atoms with van der Waals surface area (Å²) < 4.78 is 6.08. The number of hydrogen-bond donors (Lipinski definition) is 4. The maximum atomic E-state index is 13.8. The van der Waals surface area contributed by atoms with E-state index < -0.39 is 29.4 Å². The molecule has 8 nitrogen and oxygen atoms in total. The summed E-state index contributed by atoms with van der Waals surface area (Å²) in [6, 6.07) is 16.6. The molecule has 4 N–H and O–H groups in total. The van der Waals surface area contributed by atoms with E-state index in [2.05, 4.69) is 15.6 Å². The third-order valence-corrected chi connectivity index (χ3v) is 9.45. The lowest BCUT2D eigenvalue weighted by molar-refractivity contribution is -0.139. The first-order valence-electron chi connectivity index (χ1n) is 14.4. The van der Waals surface area contributed by atoms with Gasteiger partial charge < -0.3 is 25.5 Å². The van der Waals surface area contributed by atoms with Gasteiger partial charge in [0.1, 0.15) is 11.6 Å². The molecule has 4 aliphatic rings. The van der Waals surface area contributed by atoms with E-state index in [0.717, 1.165) is 54.0 Å². The Labute approximate surface area is 233 Å². The number of nitrogens with one attached hydrogen (secondary N) is 3. The predicted molar refractivity (Wildman–Crippen MR) is 151 cm³/mol. The van der Waals surface area contributed by atoms with Gasteiger partial charge in [-0.25, -0.2) is 4.79 Å². The van der Waals surface area contributed by atoms with Crippen molar-refractivity contribution in [2.45, 2.75) is 63.0 Å². The van der Waals surface area contributed by atoms with Crippen LogP contribution in [0.25, 0.3) is 10.9 Å². The highest BCUT2D eigenvalue weighted by Crippen LogP contribution is 2.54. The number of rotatable bonds is 9. The third kappa shape index (κ3) is 5.19. The fourth-order valence-corrected chi connectivity index (χ4v) is 7.71. The molecule has 2 aromatic carbocycles. The van der Waals surface area contributed by atoms with Crippen molar-refractivity contribution in [3.05, 3.63) is 71.9 Å². The number of alkyl carbamates (subject to hydrolysis) is 1. The molecule has 0 aliphatic heterocycles. The van der Waals surface area contributed by atoms with Crippen LogP contribution in [0.3, 0.4) is 0 Å². The van der Waals surface area contributed by atoms with Crippen molar-refractivity contribution in [2.75, 3.05) is 6.54 Å². The number of carboxylic acid groups (broad SMARTS) is 1. The number of aliphatic carboxylic acids is 1. The van der Waals surface area contributed by atoms with Gasteiger partial charge in [0.25, 0.3) is 0 Å². The topological polar surface area (TPSA) is 121 Å². The molecule has 40 heavy (non-hydrogen) atoms. The normalized spacial score (nSPS) is 27.1. The smallest absolute Gasteiger partial charge is 0.408 e. The molecule has 210 valence electrons. The molecule has 0 spiro atoms. The summed E-state index contributed by atoms with van der Waals surface area (Å²) in [7, 11) is 0. The number of para-hydroxylation sites is 1. The van der Waals surface area contributed by atoms with Gasteiger partial charge >= 0.3 is 12.1 Å². The SMILES string of the molecule is C[C@](Cc1c[nH]c2ccccc12)(NC(=O)OC1C2CC3CC(C2)CC1C3)C(=O)NC[C@@H](C(=O)O)c1ccccc1. The van der Waals surface area contributed by atoms with Gasteiger partial charge in [0.15, 0.2) is 0 Å². The van der Waals surface area contributed by atoms with Gasteiger partial charge in [-0.05, 0) is 79.9 Å². The fourth-order valence-electron chi connectivity index (χ4n) is 7.71. The highest BCUT2D eigenvalue weighted by Gasteiger charge is 2.50. The summed E-state index contributed by atoms with van der Waals surface area (Å²) in [6.45, 7) is 1.58. The number of hydrogen-bond acceptors (Lipinski definition) is 4. The number of amides is 2. The van der Waals surface area contributed by atoms with Gasteiger partial charge in [0.2, 0.25) is 5.91 Å². The second-order valence-electron chi connectivity index (χ2n) is 12.3. The van der Waals surface area contributed by atoms with Crippen molar-refractivity contribution >= 4 is 28.9 Å². The number of fused-ring (bicyclic) bond motifs is 1. The zero-order chi connectivity index (χ0) is 27.9. The highest BCUT2D eigenvalue weighted by atomic mass is 16.6. The van der Waals surface area contributed by atoms with E-state index in [4.69, 9.17) is 4.74 Å². The molecule has 0 unspecified atom stereocenters. The number of aromatic amines is 1. The number of carbonyl (C=O) groups excluding carboxylic acids is 2. The molecule has 4 saturated carbocycles. The van der Waals surface area contributed by atoms with Crippen LogP contribution in [0, 0.1) is 23.7 Å². The van der Waals surface area contributed by atoms with Crippen LogP contribution in [0.1, 0.15) is 56.1 Å². The molecule has 3 aromatic rings. The van der Waals surface area contributed by atoms with Crippen molar-refractivity contribution < 1.29 is 24.2 Å². The average Bonchev–Trinajstić information content (AvgIpc) is 3.33. The summed E-state index contributed by atoms with van der Waals surface area (Å²) in [5.74, 6) is -0.0791. The summed E-state index contributed by atoms with van der Waals surface area (Å²) >= 11 is 0. The second kappa shape index (κ2) is 10.6. The van der Waals surface area contributed by atoms with Crippen molar-refractivity contribution in [1.82, 2.24) is 15.6 Å². The van der Waals surface area contributed by atoms with Gasteiger partial charge in [0.05, 0.1) is 5.92 Å². The number of H-pyrrole nitrogens is 1. The predicted octanol–water partition coefficient (Wildman–Crippen LogP) is 5.00. The van der Waals surface area contributed by atoms with Gasteiger partial charge in [-0.3, -0.25) is 9.59 Å². The van der Waals surface area contributed by atoms with E-state index in [9.17, 15) is 19.5 Å². The van der Waals surface area contributed by atoms with E-state index in [1.165, 1.54) is 6.42 Å². The Morgan fingerprint density at radius 1 is 0.975 bits per heavy atom. The molecule has 1 heterocycles. The third-order valence-electron chi connectivity index (χ3n) is 9.45. The first kappa shape index (κ1) is 26.4. The molecule has 4 aliphatic carbocycles. The van der Waals surface area contributed by atoms with E-state index in [0.29, 0.717) is 17.4 Å². The minimum Gasteiger partial charge on any atom is -0.481 e. The molecule has 4 fully saturated rings. The van der Waals surface area contributed by atoms with Crippen LogP contribution in [-0.4, -0.2) is 46.2 Å². The summed E-state index contributed by atoms with van der Waals surface area (Å²) in [4.78, 5) is 42.5. The van der Waals surface area contributed by atoms with E-state index >= 15 is 0 Å². The molecule has 2 atom stereocenters. The van der Waals surface area contributed by atoms with Crippen LogP contribution in [0.5, 0.6) is 0 Å². The Kier molecular flexibility index (Phi) is 7.02. The Hall–Kier alpha value is -3.81. The minimum atomic E-state index is -1.37. The maximum Gasteiger partial charge on any atom is 0.408 e. The van der Waals surface area contributed by atoms with Crippen molar-refractivity contribution in [3.63, 3.8) is 0 Å². The van der Waals surface area contributed by atoms with Crippen molar-refractivity contribution in [2.24, 2.45) is 23.7 Å². The molecule has 7 rings (SSSR count). The van der Waals surface area contributed by atoms with Gasteiger partial charge in [-0.2, -0.15) is 0 Å². The van der Waals surface area contributed by atoms with Crippen molar-refractivity contribution in [1.29, 1.82) is 0 Å². The quantitative estimate of drug-likeness (QED) is 0.303. The van der Waals surface area contributed by atoms with Crippen LogP contribution in [0.4, 0.5) is 4.79 Å². The maximum absolute atomic E-state index is 13.8. The van der Waals surface area contributed by atoms with E-state index in [-0.39, 0.29) is 19.1 Å². The molecule has 8 heteroatoms. The zero-order valence-corrected chi connectivity index (χ0v) is 22.8. The molecule has 1 aromatic heterocycles. The number of carbonyl (C=O) groups is 3. The first-order valence-corrected chi connectivity index (χ1v) is 14.4. The lowest BCUT2D eigenvalue weighted by Gasteiger charge is -2.53. The first-order chi connectivity index (χ1) is 19.3. The minimum absolute atomic E-state index is 0.103. The van der Waals surface area contributed by atoms with Crippen LogP contribution >= 0.6 is 0 Å². The van der Waals surface area contributed by atoms with Gasteiger partial charge in [0, 0.05) is 30.1 Å². The van der Waals surface area contributed by atoms with E-state index in [1.54, 1.807) is 31.2 Å². The van der Waals surface area contributed by atoms with Crippen LogP contribution < -0.4 is 10.6 Å². The Balaban J connectivity index is 1.21. The summed E-state index contributed by atoms with van der Waals surface area (Å²) in [6.07, 6.45) is 7.16. The fraction of sp³-hybridized carbons (Fsp3) is 0.469. The second-order valence-corrected chi connectivity index (χ2v) is 12.3. The van der Waals surface area contributed by atoms with Crippen LogP contribution in [0.15, 0.2) is 60.8 Å². The van der Waals surface area contributed by atoms with Crippen LogP contribution in [0.2, 0.25) is 0 Å². The molecule has 4 bridgehead atoms. The van der Waals surface area contributed by atoms with Crippen LogP contribution in [-0.2, 0) is 20.7 Å². The lowest BCUT2D eigenvalue weighted by atomic mass is 9.55. The lowest BCUT2D eigenvalue weighted by Crippen LogP contribution is -2.60. The number of aromatic nitrogens is 1. The van der Waals surface area contributed by atoms with Gasteiger partial charge in [-0.15, -0.1) is 0 Å². The highest BCUT2D eigenvalue weighted by molar-refractivity contribution is 5.92. The Morgan fingerprint density at radius 3 is 2.30 bits per heavy atom. The van der Waals surface area contributed by atoms with Gasteiger partial charge in [-0.1, -0.05) is 48.5 Å². The molecule has 2 amide bonds. The monoisotopic (exact) mass is 543 g/mol. The number of benzene rings is 2. The molecular formula is C32H37N3O5. The summed E-state index contributed by atoms with van der Waals surface area (Å²) in [5.41, 5.74) is 1.05. The molecular weight excluding hydrogens is 506 g/mol. The Bertz CT molecular complexity index is 1370. The number of ether oxygens (including phenoxy) is 1. The van der Waals surface area contributed by atoms with E-state index in [1.807, 2.05) is 36.5 Å². The molecule has 0 saturated heterocycles. The molecule has 0 radical (unpaired) electrons. The largest absolute Gasteiger partial charge is 0.481 e. The zero-order valence-electron chi connectivity index (χ0n) is 22.8. The summed E-state index contributed by atoms with van der Waals surface area (Å²) in [5, 5.41) is 16.6. The Morgan fingerprint density at radius 2 is 1.62 bits per heavy atom. The average molecular weight is 544 g/mol. The standard InChI is InChI=1S/C32H37N3O5/c1-32(16-24-17-33-27-10-6-5-9-25(24)27,30(38)34-18-26(29(36)37)21-7-3-2-4-8-21)35-31(39)40-28-22-12-19-11-20(14-22)15-23(28)13-19/h2-10,17,19-20,22-23,26,28,33H,11-16,18H2,1H3,(H,34,38)(H,35,39)(H,36,37)/t19?,20?,22?,23?,26-,28?,32-/m1/s1.